The van der Waals surface area contributed by atoms with Gasteiger partial charge in [0.1, 0.15) is 5.82 Å². The van der Waals surface area contributed by atoms with Crippen LogP contribution in [0.2, 0.25) is 0 Å². The van der Waals surface area contributed by atoms with Gasteiger partial charge in [-0.15, -0.1) is 12.4 Å². The lowest BCUT2D eigenvalue weighted by Gasteiger charge is -2.42. The number of benzene rings is 1. The number of rotatable bonds is 4. The van der Waals surface area contributed by atoms with Gasteiger partial charge in [-0.05, 0) is 62.9 Å². The van der Waals surface area contributed by atoms with Crippen molar-refractivity contribution in [2.75, 3.05) is 26.7 Å². The van der Waals surface area contributed by atoms with Crippen LogP contribution in [0.5, 0.6) is 0 Å². The summed E-state index contributed by atoms with van der Waals surface area (Å²) in [7, 11) is 1.98. The maximum Gasteiger partial charge on any atom is 0.233 e. The average molecular weight is 369 g/mol. The summed E-state index contributed by atoms with van der Waals surface area (Å²) in [4.78, 5) is 15.5. The molecule has 0 spiro atoms. The van der Waals surface area contributed by atoms with E-state index < -0.39 is 5.41 Å². The predicted molar refractivity (Wildman–Crippen MR) is 102 cm³/mol. The zero-order valence-electron chi connectivity index (χ0n) is 15.1. The molecule has 1 heterocycles. The van der Waals surface area contributed by atoms with Gasteiger partial charge in [0, 0.05) is 13.1 Å². The van der Waals surface area contributed by atoms with Gasteiger partial charge in [0.15, 0.2) is 0 Å². The fourth-order valence-corrected chi connectivity index (χ4v) is 4.50. The number of carbonyl (C=O) groups is 1. The van der Waals surface area contributed by atoms with Gasteiger partial charge in [0.2, 0.25) is 5.91 Å². The number of hydrogen-bond donors (Lipinski definition) is 1. The number of amides is 1. The minimum atomic E-state index is -0.504. The summed E-state index contributed by atoms with van der Waals surface area (Å²) in [5.74, 6) is 0.657. The number of nitrogens with one attached hydrogen (secondary N) is 1. The molecule has 5 heteroatoms. The van der Waals surface area contributed by atoms with Crippen LogP contribution in [0.25, 0.3) is 0 Å². The van der Waals surface area contributed by atoms with E-state index in [0.717, 1.165) is 63.7 Å². The molecule has 1 saturated carbocycles. The van der Waals surface area contributed by atoms with Gasteiger partial charge >= 0.3 is 0 Å². The summed E-state index contributed by atoms with van der Waals surface area (Å²) in [6.45, 7) is 2.70. The first-order chi connectivity index (χ1) is 11.7. The molecular formula is C20H30ClFN2O. The van der Waals surface area contributed by atoms with Crippen molar-refractivity contribution in [2.45, 2.75) is 50.4 Å². The lowest BCUT2D eigenvalue weighted by Crippen LogP contribution is -2.51. The van der Waals surface area contributed by atoms with E-state index in [1.54, 1.807) is 12.1 Å². The van der Waals surface area contributed by atoms with E-state index in [9.17, 15) is 9.18 Å². The zero-order chi connectivity index (χ0) is 17.0. The van der Waals surface area contributed by atoms with E-state index in [2.05, 4.69) is 5.32 Å². The van der Waals surface area contributed by atoms with Crippen LogP contribution < -0.4 is 5.32 Å². The first-order valence-electron chi connectivity index (χ1n) is 9.36. The summed E-state index contributed by atoms with van der Waals surface area (Å²) >= 11 is 0. The van der Waals surface area contributed by atoms with Crippen molar-refractivity contribution in [1.82, 2.24) is 10.2 Å². The molecule has 1 aliphatic carbocycles. The fourth-order valence-electron chi connectivity index (χ4n) is 4.50. The fraction of sp³-hybridized carbons (Fsp3) is 0.650. The molecule has 0 atom stereocenters. The Hall–Kier alpha value is -1.13. The van der Waals surface area contributed by atoms with Crippen LogP contribution in [0.4, 0.5) is 4.39 Å². The number of nitrogens with zero attached hydrogens (tertiary/aromatic N) is 1. The molecular weight excluding hydrogens is 339 g/mol. The smallest absolute Gasteiger partial charge is 0.233 e. The minimum absolute atomic E-state index is 0. The van der Waals surface area contributed by atoms with Crippen LogP contribution in [0.3, 0.4) is 0 Å². The molecule has 1 saturated heterocycles. The minimum Gasteiger partial charge on any atom is -0.342 e. The molecule has 1 aliphatic heterocycles. The van der Waals surface area contributed by atoms with Gasteiger partial charge in [-0.1, -0.05) is 31.4 Å². The van der Waals surface area contributed by atoms with Crippen molar-refractivity contribution in [3.05, 3.63) is 35.6 Å². The highest BCUT2D eigenvalue weighted by atomic mass is 35.5. The monoisotopic (exact) mass is 368 g/mol. The number of likely N-dealkylation sites (tertiary alicyclic amines) is 1. The average Bonchev–Trinajstić information content (AvgIpc) is 2.63. The second kappa shape index (κ2) is 9.00. The number of hydrogen-bond acceptors (Lipinski definition) is 2. The molecule has 0 unspecified atom stereocenters. The van der Waals surface area contributed by atoms with E-state index in [4.69, 9.17) is 0 Å². The Morgan fingerprint density at radius 3 is 2.52 bits per heavy atom. The molecule has 0 radical (unpaired) electrons. The van der Waals surface area contributed by atoms with Crippen LogP contribution in [0.15, 0.2) is 24.3 Å². The molecule has 2 fully saturated rings. The third kappa shape index (κ3) is 4.35. The Balaban J connectivity index is 0.00000225. The largest absolute Gasteiger partial charge is 0.342 e. The Morgan fingerprint density at radius 2 is 1.92 bits per heavy atom. The van der Waals surface area contributed by atoms with E-state index in [1.165, 1.54) is 12.5 Å². The predicted octanol–water partition coefficient (Wildman–Crippen LogP) is 3.91. The van der Waals surface area contributed by atoms with Crippen LogP contribution in [0.1, 0.15) is 50.5 Å². The molecule has 0 aromatic heterocycles. The summed E-state index contributed by atoms with van der Waals surface area (Å²) in [6, 6.07) is 6.73. The Labute approximate surface area is 156 Å². The van der Waals surface area contributed by atoms with Crippen molar-refractivity contribution < 1.29 is 9.18 Å². The molecule has 0 bridgehead atoms. The van der Waals surface area contributed by atoms with Crippen molar-refractivity contribution in [1.29, 1.82) is 0 Å². The van der Waals surface area contributed by atoms with Crippen molar-refractivity contribution in [3.63, 3.8) is 0 Å². The highest BCUT2D eigenvalue weighted by molar-refractivity contribution is 5.88. The summed E-state index contributed by atoms with van der Waals surface area (Å²) < 4.78 is 13.8. The highest BCUT2D eigenvalue weighted by Gasteiger charge is 2.44. The Kier molecular flexibility index (Phi) is 7.26. The van der Waals surface area contributed by atoms with Gasteiger partial charge < -0.3 is 10.2 Å². The molecule has 25 heavy (non-hydrogen) atoms. The SMILES string of the molecule is CNCC1CCN(C(=O)C2(c3cccc(F)c3)CCCCC2)CC1.Cl. The number of halogens is 2. The van der Waals surface area contributed by atoms with E-state index in [1.807, 2.05) is 18.0 Å². The number of piperidine rings is 1. The third-order valence-corrected chi connectivity index (χ3v) is 5.89. The van der Waals surface area contributed by atoms with Gasteiger partial charge in [-0.3, -0.25) is 4.79 Å². The van der Waals surface area contributed by atoms with E-state index >= 15 is 0 Å². The normalized spacial score (nSPS) is 20.8. The second-order valence-corrected chi connectivity index (χ2v) is 7.45. The molecule has 3 nitrogen and oxygen atoms in total. The molecule has 2 aliphatic rings. The Morgan fingerprint density at radius 1 is 1.24 bits per heavy atom. The Bertz CT molecular complexity index is 567. The summed E-state index contributed by atoms with van der Waals surface area (Å²) in [5, 5.41) is 3.24. The molecule has 1 amide bonds. The topological polar surface area (TPSA) is 32.3 Å². The zero-order valence-corrected chi connectivity index (χ0v) is 15.9. The maximum atomic E-state index is 13.8. The van der Waals surface area contributed by atoms with Crippen molar-refractivity contribution in [3.8, 4) is 0 Å². The van der Waals surface area contributed by atoms with E-state index in [0.29, 0.717) is 5.92 Å². The lowest BCUT2D eigenvalue weighted by molar-refractivity contribution is -0.140. The van der Waals surface area contributed by atoms with Gasteiger partial charge in [0.05, 0.1) is 5.41 Å². The lowest BCUT2D eigenvalue weighted by atomic mass is 9.68. The quantitative estimate of drug-likeness (QED) is 0.873. The molecule has 1 aromatic carbocycles. The van der Waals surface area contributed by atoms with Gasteiger partial charge in [0.25, 0.3) is 0 Å². The van der Waals surface area contributed by atoms with Crippen LogP contribution >= 0.6 is 12.4 Å². The van der Waals surface area contributed by atoms with Crippen LogP contribution in [-0.4, -0.2) is 37.5 Å². The molecule has 1 aromatic rings. The third-order valence-electron chi connectivity index (χ3n) is 5.89. The molecule has 1 N–H and O–H groups in total. The van der Waals surface area contributed by atoms with Gasteiger partial charge in [-0.25, -0.2) is 4.39 Å². The maximum absolute atomic E-state index is 13.8. The van der Waals surface area contributed by atoms with Crippen molar-refractivity contribution in [2.24, 2.45) is 5.92 Å². The van der Waals surface area contributed by atoms with Crippen molar-refractivity contribution >= 4 is 18.3 Å². The highest BCUT2D eigenvalue weighted by Crippen LogP contribution is 2.41. The second-order valence-electron chi connectivity index (χ2n) is 7.45. The first-order valence-corrected chi connectivity index (χ1v) is 9.36. The number of carbonyl (C=O) groups excluding carboxylic acids is 1. The standard InChI is InChI=1S/C20H29FN2O.ClH/c1-22-15-16-8-12-23(13-9-16)19(24)20(10-3-2-4-11-20)17-6-5-7-18(21)14-17;/h5-7,14,16,22H,2-4,8-13,15H2,1H3;1H. The van der Waals surface area contributed by atoms with Crippen LogP contribution in [-0.2, 0) is 10.2 Å². The van der Waals surface area contributed by atoms with Crippen LogP contribution in [0, 0.1) is 11.7 Å². The van der Waals surface area contributed by atoms with E-state index in [-0.39, 0.29) is 24.1 Å². The summed E-state index contributed by atoms with van der Waals surface area (Å²) in [5.41, 5.74) is 0.375. The molecule has 140 valence electrons. The van der Waals surface area contributed by atoms with Gasteiger partial charge in [-0.2, -0.15) is 0 Å². The summed E-state index contributed by atoms with van der Waals surface area (Å²) in [6.07, 6.45) is 7.11. The first kappa shape index (κ1) is 20.2. The molecule has 3 rings (SSSR count).